The van der Waals surface area contributed by atoms with E-state index in [1.165, 1.54) is 23.1 Å². The van der Waals surface area contributed by atoms with Crippen LogP contribution in [0, 0.1) is 0 Å². The highest BCUT2D eigenvalue weighted by molar-refractivity contribution is 7.99. The van der Waals surface area contributed by atoms with Crippen molar-refractivity contribution in [3.8, 4) is 11.1 Å². The van der Waals surface area contributed by atoms with E-state index in [2.05, 4.69) is 15.3 Å². The maximum Gasteiger partial charge on any atom is 0.234 e. The van der Waals surface area contributed by atoms with Gasteiger partial charge in [0, 0.05) is 16.6 Å². The molecule has 0 bridgehead atoms. The molecule has 4 nitrogen and oxygen atoms in total. The number of para-hydroxylation sites is 1. The van der Waals surface area contributed by atoms with Crippen molar-refractivity contribution < 1.29 is 4.79 Å². The molecule has 7 heteroatoms. The topological polar surface area (TPSA) is 54.9 Å². The zero-order valence-electron chi connectivity index (χ0n) is 14.1. The number of rotatable bonds is 5. The lowest BCUT2D eigenvalue weighted by Crippen LogP contribution is -2.14. The second kappa shape index (κ2) is 8.08. The van der Waals surface area contributed by atoms with Gasteiger partial charge < -0.3 is 5.32 Å². The number of thiophene rings is 1. The number of nitrogens with one attached hydrogen (secondary N) is 1. The fourth-order valence-electron chi connectivity index (χ4n) is 2.62. The zero-order valence-corrected chi connectivity index (χ0v) is 16.4. The summed E-state index contributed by atoms with van der Waals surface area (Å²) >= 11 is 9.24. The Balaban J connectivity index is 1.51. The summed E-state index contributed by atoms with van der Waals surface area (Å²) < 4.78 is 0. The van der Waals surface area contributed by atoms with Crippen molar-refractivity contribution in [1.82, 2.24) is 9.97 Å². The summed E-state index contributed by atoms with van der Waals surface area (Å²) in [5.41, 5.74) is 2.87. The molecule has 0 saturated heterocycles. The number of hydrogen-bond acceptors (Lipinski definition) is 5. The number of hydrogen-bond donors (Lipinski definition) is 1. The molecule has 0 fully saturated rings. The van der Waals surface area contributed by atoms with E-state index in [1.54, 1.807) is 0 Å². The molecule has 0 radical (unpaired) electrons. The molecule has 2 aromatic heterocycles. The molecule has 1 amide bonds. The third-order valence-electron chi connectivity index (χ3n) is 3.84. The number of carbonyl (C=O) groups excluding carboxylic acids is 1. The summed E-state index contributed by atoms with van der Waals surface area (Å²) in [6.07, 6.45) is 0. The van der Waals surface area contributed by atoms with E-state index in [0.717, 1.165) is 27.0 Å². The van der Waals surface area contributed by atoms with Gasteiger partial charge in [-0.3, -0.25) is 4.79 Å². The molecule has 27 heavy (non-hydrogen) atoms. The highest BCUT2D eigenvalue weighted by Crippen LogP contribution is 2.37. The van der Waals surface area contributed by atoms with Crippen molar-refractivity contribution in [3.05, 3.63) is 71.2 Å². The lowest BCUT2D eigenvalue weighted by atomic mass is 10.1. The molecule has 0 aliphatic carbocycles. The van der Waals surface area contributed by atoms with Crippen LogP contribution in [-0.4, -0.2) is 21.6 Å². The predicted molar refractivity (Wildman–Crippen MR) is 114 cm³/mol. The summed E-state index contributed by atoms with van der Waals surface area (Å²) in [5, 5.41) is 6.64. The van der Waals surface area contributed by atoms with Gasteiger partial charge in [0.1, 0.15) is 9.98 Å². The van der Waals surface area contributed by atoms with Crippen LogP contribution in [-0.2, 0) is 4.79 Å². The van der Waals surface area contributed by atoms with Crippen molar-refractivity contribution in [3.63, 3.8) is 0 Å². The second-order valence-corrected chi connectivity index (χ2v) is 7.85. The molecule has 0 atom stereocenters. The fraction of sp³-hybridized carbons (Fsp3) is 0.0500. The predicted octanol–water partition coefficient (Wildman–Crippen LogP) is 5.74. The number of thioether (sulfide) groups is 1. The van der Waals surface area contributed by atoms with Crippen LogP contribution in [0.25, 0.3) is 21.3 Å². The van der Waals surface area contributed by atoms with Gasteiger partial charge in [0.05, 0.1) is 11.1 Å². The van der Waals surface area contributed by atoms with Gasteiger partial charge in [-0.05, 0) is 17.7 Å². The average Bonchev–Trinajstić information content (AvgIpc) is 3.12. The first kappa shape index (κ1) is 18.0. The molecule has 1 N–H and O–H groups in total. The van der Waals surface area contributed by atoms with Crippen molar-refractivity contribution in [2.75, 3.05) is 11.1 Å². The normalized spacial score (nSPS) is 10.9. The number of carbonyl (C=O) groups is 1. The third kappa shape index (κ3) is 4.13. The second-order valence-electron chi connectivity index (χ2n) is 5.70. The van der Waals surface area contributed by atoms with E-state index >= 15 is 0 Å². The molecule has 2 heterocycles. The van der Waals surface area contributed by atoms with Crippen LogP contribution in [0.4, 0.5) is 5.69 Å². The van der Waals surface area contributed by atoms with Crippen molar-refractivity contribution >= 4 is 56.5 Å². The van der Waals surface area contributed by atoms with Crippen LogP contribution in [0.2, 0.25) is 5.15 Å². The van der Waals surface area contributed by atoms with Crippen LogP contribution in [0.3, 0.4) is 0 Å². The van der Waals surface area contributed by atoms with E-state index in [9.17, 15) is 4.79 Å². The van der Waals surface area contributed by atoms with Gasteiger partial charge in [-0.25, -0.2) is 9.97 Å². The van der Waals surface area contributed by atoms with E-state index in [4.69, 9.17) is 11.6 Å². The summed E-state index contributed by atoms with van der Waals surface area (Å²) in [6, 6.07) is 19.4. The molecule has 0 aliphatic heterocycles. The fourth-order valence-corrected chi connectivity index (χ4v) is 4.65. The Morgan fingerprint density at radius 1 is 1.04 bits per heavy atom. The summed E-state index contributed by atoms with van der Waals surface area (Å²) in [6.45, 7) is 0. The van der Waals surface area contributed by atoms with Gasteiger partial charge in [-0.2, -0.15) is 0 Å². The largest absolute Gasteiger partial charge is 0.325 e. The molecular weight excluding hydrogens is 398 g/mol. The lowest BCUT2D eigenvalue weighted by molar-refractivity contribution is -0.113. The van der Waals surface area contributed by atoms with Gasteiger partial charge in [0.2, 0.25) is 5.91 Å². The Morgan fingerprint density at radius 2 is 1.74 bits per heavy atom. The minimum atomic E-state index is -0.109. The molecule has 0 spiro atoms. The minimum absolute atomic E-state index is 0.109. The van der Waals surface area contributed by atoms with Crippen molar-refractivity contribution in [2.45, 2.75) is 5.16 Å². The van der Waals surface area contributed by atoms with Crippen LogP contribution in [0.5, 0.6) is 0 Å². The molecule has 0 saturated carbocycles. The first-order valence-electron chi connectivity index (χ1n) is 8.18. The third-order valence-corrected chi connectivity index (χ3v) is 5.84. The first-order chi connectivity index (χ1) is 13.2. The smallest absolute Gasteiger partial charge is 0.234 e. The molecule has 134 valence electrons. The summed E-state index contributed by atoms with van der Waals surface area (Å²) in [7, 11) is 0. The van der Waals surface area contributed by atoms with Crippen molar-refractivity contribution in [2.24, 2.45) is 0 Å². The van der Waals surface area contributed by atoms with Gasteiger partial charge in [0.25, 0.3) is 0 Å². The highest BCUT2D eigenvalue weighted by atomic mass is 35.5. The van der Waals surface area contributed by atoms with Gasteiger partial charge in [-0.15, -0.1) is 11.3 Å². The number of halogens is 1. The van der Waals surface area contributed by atoms with Crippen LogP contribution >= 0.6 is 34.7 Å². The Morgan fingerprint density at radius 3 is 2.48 bits per heavy atom. The van der Waals surface area contributed by atoms with E-state index < -0.39 is 0 Å². The zero-order chi connectivity index (χ0) is 18.6. The Hall–Kier alpha value is -2.41. The Labute approximate surface area is 169 Å². The summed E-state index contributed by atoms with van der Waals surface area (Å²) in [4.78, 5) is 21.9. The standard InChI is InChI=1S/C20H14ClN3OS2/c21-18-17-15(13-7-3-1-4-8-13)11-26-19(17)24-20(23-18)27-12-16(25)22-14-9-5-2-6-10-14/h1-11H,12H2,(H,22,25). The highest BCUT2D eigenvalue weighted by Gasteiger charge is 2.15. The average molecular weight is 412 g/mol. The lowest BCUT2D eigenvalue weighted by Gasteiger charge is -2.05. The number of fused-ring (bicyclic) bond motifs is 1. The number of nitrogens with zero attached hydrogens (tertiary/aromatic N) is 2. The van der Waals surface area contributed by atoms with Crippen molar-refractivity contribution in [1.29, 1.82) is 0 Å². The summed E-state index contributed by atoms with van der Waals surface area (Å²) in [5.74, 6) is 0.107. The van der Waals surface area contributed by atoms with E-state index in [1.807, 2.05) is 66.0 Å². The monoisotopic (exact) mass is 411 g/mol. The molecule has 4 aromatic rings. The molecule has 0 unspecified atom stereocenters. The number of amides is 1. The van der Waals surface area contributed by atoms with Gasteiger partial charge >= 0.3 is 0 Å². The Bertz CT molecular complexity index is 1080. The number of aromatic nitrogens is 2. The minimum Gasteiger partial charge on any atom is -0.325 e. The van der Waals surface area contributed by atoms with E-state index in [0.29, 0.717) is 10.3 Å². The van der Waals surface area contributed by atoms with Gasteiger partial charge in [-0.1, -0.05) is 71.9 Å². The molecule has 2 aromatic carbocycles. The SMILES string of the molecule is O=C(CSc1nc(Cl)c2c(-c3ccccc3)csc2n1)Nc1ccccc1. The number of anilines is 1. The van der Waals surface area contributed by atoms with Crippen LogP contribution in [0.1, 0.15) is 0 Å². The maximum atomic E-state index is 12.1. The Kier molecular flexibility index (Phi) is 5.38. The molecular formula is C20H14ClN3OS2. The van der Waals surface area contributed by atoms with Gasteiger partial charge in [0.15, 0.2) is 5.16 Å². The number of benzene rings is 2. The molecule has 0 aliphatic rings. The van der Waals surface area contributed by atoms with E-state index in [-0.39, 0.29) is 11.7 Å². The quantitative estimate of drug-likeness (QED) is 0.258. The molecule has 4 rings (SSSR count). The maximum absolute atomic E-state index is 12.1. The van der Waals surface area contributed by atoms with Crippen LogP contribution in [0.15, 0.2) is 71.2 Å². The van der Waals surface area contributed by atoms with Crippen LogP contribution < -0.4 is 5.32 Å². The first-order valence-corrected chi connectivity index (χ1v) is 10.4.